The Hall–Kier alpha value is -3.32. The van der Waals surface area contributed by atoms with Crippen LogP contribution in [0.3, 0.4) is 0 Å². The first-order valence-corrected chi connectivity index (χ1v) is 12.9. The van der Waals surface area contributed by atoms with E-state index < -0.39 is 5.92 Å². The molecule has 2 amide bonds. The van der Waals surface area contributed by atoms with Gasteiger partial charge in [-0.05, 0) is 54.1 Å². The molecule has 0 saturated heterocycles. The standard InChI is InChI=1S/C28H30N2O4S/c1-33-20-13-14-23(34-2)18(16-20)17-29-27(31)25-21-10-5-6-11-22(21)28(32)30(19-8-3-4-9-19)26(25)24-12-7-15-35-24/h5-7,10-16,19,25-26H,3-4,8-9,17H2,1-2H3,(H,29,31)/t25-,26-/m0/s1. The van der Waals surface area contributed by atoms with Crippen LogP contribution in [-0.2, 0) is 11.3 Å². The van der Waals surface area contributed by atoms with Crippen molar-refractivity contribution in [1.29, 1.82) is 0 Å². The van der Waals surface area contributed by atoms with Gasteiger partial charge in [0.1, 0.15) is 11.5 Å². The summed E-state index contributed by atoms with van der Waals surface area (Å²) in [5.41, 5.74) is 2.26. The molecular weight excluding hydrogens is 460 g/mol. The minimum absolute atomic E-state index is 0.0319. The van der Waals surface area contributed by atoms with Crippen molar-refractivity contribution in [3.63, 3.8) is 0 Å². The Morgan fingerprint density at radius 3 is 2.57 bits per heavy atom. The van der Waals surface area contributed by atoms with Crippen molar-refractivity contribution in [2.75, 3.05) is 14.2 Å². The number of nitrogens with one attached hydrogen (secondary N) is 1. The van der Waals surface area contributed by atoms with Crippen LogP contribution in [0, 0.1) is 0 Å². The number of hydrogen-bond acceptors (Lipinski definition) is 5. The van der Waals surface area contributed by atoms with Crippen LogP contribution in [0.4, 0.5) is 0 Å². The van der Waals surface area contributed by atoms with Gasteiger partial charge in [0, 0.05) is 28.6 Å². The molecule has 0 radical (unpaired) electrons. The van der Waals surface area contributed by atoms with Crippen molar-refractivity contribution in [1.82, 2.24) is 10.2 Å². The molecule has 1 aliphatic carbocycles. The lowest BCUT2D eigenvalue weighted by Crippen LogP contribution is -2.50. The summed E-state index contributed by atoms with van der Waals surface area (Å²) in [6, 6.07) is 17.0. The summed E-state index contributed by atoms with van der Waals surface area (Å²) in [4.78, 5) is 30.8. The number of amides is 2. The number of methoxy groups -OCH3 is 2. The van der Waals surface area contributed by atoms with Gasteiger partial charge >= 0.3 is 0 Å². The monoisotopic (exact) mass is 490 g/mol. The number of hydrogen-bond donors (Lipinski definition) is 1. The van der Waals surface area contributed by atoms with Crippen LogP contribution in [0.2, 0.25) is 0 Å². The maximum Gasteiger partial charge on any atom is 0.254 e. The summed E-state index contributed by atoms with van der Waals surface area (Å²) in [5, 5.41) is 5.16. The molecule has 2 heterocycles. The Kier molecular flexibility index (Phi) is 6.77. The van der Waals surface area contributed by atoms with Crippen LogP contribution in [0.25, 0.3) is 0 Å². The number of thiophene rings is 1. The highest BCUT2D eigenvalue weighted by molar-refractivity contribution is 7.10. The molecule has 1 aromatic heterocycles. The van der Waals surface area contributed by atoms with Gasteiger partial charge in [0.05, 0.1) is 26.2 Å². The third-order valence-electron chi connectivity index (χ3n) is 7.15. The normalized spacial score (nSPS) is 19.9. The highest BCUT2D eigenvalue weighted by Crippen LogP contribution is 2.47. The Morgan fingerprint density at radius 1 is 1.06 bits per heavy atom. The lowest BCUT2D eigenvalue weighted by molar-refractivity contribution is -0.124. The second-order valence-corrected chi connectivity index (χ2v) is 10.1. The fraction of sp³-hybridized carbons (Fsp3) is 0.357. The Labute approximate surface area is 209 Å². The van der Waals surface area contributed by atoms with Crippen molar-refractivity contribution in [3.05, 3.63) is 81.5 Å². The highest BCUT2D eigenvalue weighted by Gasteiger charge is 2.47. The first-order chi connectivity index (χ1) is 17.1. The third-order valence-corrected chi connectivity index (χ3v) is 8.10. The minimum Gasteiger partial charge on any atom is -0.497 e. The van der Waals surface area contributed by atoms with Gasteiger partial charge in [-0.25, -0.2) is 0 Å². The van der Waals surface area contributed by atoms with Gasteiger partial charge in [0.15, 0.2) is 0 Å². The summed E-state index contributed by atoms with van der Waals surface area (Å²) in [7, 11) is 3.23. The first-order valence-electron chi connectivity index (χ1n) is 12.1. The van der Waals surface area contributed by atoms with Gasteiger partial charge in [0.25, 0.3) is 5.91 Å². The number of fused-ring (bicyclic) bond motifs is 1. The Morgan fingerprint density at radius 2 is 1.86 bits per heavy atom. The van der Waals surface area contributed by atoms with Gasteiger partial charge in [-0.1, -0.05) is 37.1 Å². The molecule has 2 atom stereocenters. The fourth-order valence-corrected chi connectivity index (χ4v) is 6.35. The van der Waals surface area contributed by atoms with E-state index in [-0.39, 0.29) is 23.9 Å². The average Bonchev–Trinajstić information content (AvgIpc) is 3.62. The number of carbonyl (C=O) groups excluding carboxylic acids is 2. The number of ether oxygens (including phenoxy) is 2. The molecular formula is C28H30N2O4S. The number of carbonyl (C=O) groups is 2. The van der Waals surface area contributed by atoms with Gasteiger partial charge in [-0.2, -0.15) is 0 Å². The quantitative estimate of drug-likeness (QED) is 0.488. The van der Waals surface area contributed by atoms with E-state index in [0.717, 1.165) is 41.7 Å². The molecule has 1 fully saturated rings. The summed E-state index contributed by atoms with van der Waals surface area (Å²) < 4.78 is 10.9. The van der Waals surface area contributed by atoms with Crippen LogP contribution in [0.1, 0.15) is 64.0 Å². The van der Waals surface area contributed by atoms with E-state index in [4.69, 9.17) is 9.47 Å². The highest BCUT2D eigenvalue weighted by atomic mass is 32.1. The summed E-state index contributed by atoms with van der Waals surface area (Å²) >= 11 is 1.60. The molecule has 2 aromatic carbocycles. The van der Waals surface area contributed by atoms with Crippen LogP contribution < -0.4 is 14.8 Å². The smallest absolute Gasteiger partial charge is 0.254 e. The number of benzene rings is 2. The zero-order chi connectivity index (χ0) is 24.4. The molecule has 35 heavy (non-hydrogen) atoms. The molecule has 1 saturated carbocycles. The van der Waals surface area contributed by atoms with Gasteiger partial charge < -0.3 is 19.7 Å². The molecule has 1 aliphatic heterocycles. The van der Waals surface area contributed by atoms with Gasteiger partial charge in [-0.15, -0.1) is 11.3 Å². The van der Waals surface area contributed by atoms with Crippen molar-refractivity contribution in [3.8, 4) is 11.5 Å². The van der Waals surface area contributed by atoms with Crippen molar-refractivity contribution in [2.45, 2.75) is 50.2 Å². The lowest BCUT2D eigenvalue weighted by Gasteiger charge is -2.44. The summed E-state index contributed by atoms with van der Waals surface area (Å²) in [5.74, 6) is 0.820. The van der Waals surface area contributed by atoms with Crippen LogP contribution in [0.15, 0.2) is 60.0 Å². The molecule has 3 aromatic rings. The SMILES string of the molecule is COc1ccc(OC)c(CNC(=O)[C@H]2c3ccccc3C(=O)N(C3CCCC3)[C@H]2c2cccs2)c1. The average molecular weight is 491 g/mol. The molecule has 7 heteroatoms. The first kappa shape index (κ1) is 23.4. The van der Waals surface area contributed by atoms with E-state index in [1.54, 1.807) is 25.6 Å². The lowest BCUT2D eigenvalue weighted by atomic mass is 9.80. The van der Waals surface area contributed by atoms with E-state index in [1.807, 2.05) is 64.9 Å². The molecule has 2 aliphatic rings. The Balaban J connectivity index is 1.53. The summed E-state index contributed by atoms with van der Waals surface area (Å²) in [6.45, 7) is 0.298. The molecule has 6 nitrogen and oxygen atoms in total. The van der Waals surface area contributed by atoms with Crippen molar-refractivity contribution >= 4 is 23.2 Å². The van der Waals surface area contributed by atoms with E-state index in [2.05, 4.69) is 5.32 Å². The topological polar surface area (TPSA) is 67.9 Å². The zero-order valence-electron chi connectivity index (χ0n) is 20.0. The maximum absolute atomic E-state index is 13.9. The predicted molar refractivity (Wildman–Crippen MR) is 136 cm³/mol. The van der Waals surface area contributed by atoms with Crippen molar-refractivity contribution in [2.24, 2.45) is 0 Å². The number of rotatable bonds is 7. The van der Waals surface area contributed by atoms with Gasteiger partial charge in [-0.3, -0.25) is 9.59 Å². The molecule has 0 unspecified atom stereocenters. The minimum atomic E-state index is -0.500. The predicted octanol–water partition coefficient (Wildman–Crippen LogP) is 5.31. The van der Waals surface area contributed by atoms with Crippen LogP contribution >= 0.6 is 11.3 Å². The Bertz CT molecular complexity index is 1200. The second kappa shape index (κ2) is 10.1. The third kappa shape index (κ3) is 4.41. The molecule has 0 spiro atoms. The van der Waals surface area contributed by atoms with Crippen molar-refractivity contribution < 1.29 is 19.1 Å². The molecule has 182 valence electrons. The number of nitrogens with zero attached hydrogens (tertiary/aromatic N) is 1. The van der Waals surface area contributed by atoms with Gasteiger partial charge in [0.2, 0.25) is 5.91 Å². The van der Waals surface area contributed by atoms with E-state index in [1.165, 1.54) is 0 Å². The van der Waals surface area contributed by atoms with E-state index >= 15 is 0 Å². The molecule has 1 N–H and O–H groups in total. The largest absolute Gasteiger partial charge is 0.497 e. The molecule has 0 bridgehead atoms. The summed E-state index contributed by atoms with van der Waals surface area (Å²) in [6.07, 6.45) is 4.18. The maximum atomic E-state index is 13.9. The van der Waals surface area contributed by atoms with E-state index in [9.17, 15) is 9.59 Å². The second-order valence-electron chi connectivity index (χ2n) is 9.07. The molecule has 5 rings (SSSR count). The van der Waals surface area contributed by atoms with Crippen LogP contribution in [0.5, 0.6) is 11.5 Å². The van der Waals surface area contributed by atoms with E-state index in [0.29, 0.717) is 23.6 Å². The fourth-order valence-electron chi connectivity index (χ4n) is 5.49. The van der Waals surface area contributed by atoms with Crippen LogP contribution in [-0.4, -0.2) is 37.0 Å². The zero-order valence-corrected chi connectivity index (χ0v) is 20.8.